The van der Waals surface area contributed by atoms with E-state index in [4.69, 9.17) is 11.6 Å². The molecule has 0 amide bonds. The molecule has 3 nitrogen and oxygen atoms in total. The van der Waals surface area contributed by atoms with Crippen LogP contribution in [0, 0.1) is 5.92 Å². The first-order valence-corrected chi connectivity index (χ1v) is 7.96. The average Bonchev–Trinajstić information content (AvgIpc) is 2.41. The number of hydrogen-bond acceptors (Lipinski definition) is 3. The van der Waals surface area contributed by atoms with Crippen LogP contribution < -0.4 is 5.32 Å². The Morgan fingerprint density at radius 1 is 1.25 bits per heavy atom. The molecule has 4 heteroatoms. The molecule has 1 N–H and O–H groups in total. The van der Waals surface area contributed by atoms with Gasteiger partial charge in [0.25, 0.3) is 0 Å². The van der Waals surface area contributed by atoms with Crippen LogP contribution in [0.1, 0.15) is 46.2 Å². The molecule has 20 heavy (non-hydrogen) atoms. The van der Waals surface area contributed by atoms with E-state index in [0.717, 1.165) is 42.5 Å². The molecule has 0 bridgehead atoms. The molecule has 1 rings (SSSR count). The van der Waals surface area contributed by atoms with E-state index >= 15 is 0 Å². The molecule has 0 aliphatic heterocycles. The maximum Gasteiger partial charge on any atom is 0.126 e. The Labute approximate surface area is 128 Å². The van der Waals surface area contributed by atoms with Gasteiger partial charge in [0.05, 0.1) is 10.7 Å². The highest BCUT2D eigenvalue weighted by atomic mass is 35.5. The van der Waals surface area contributed by atoms with E-state index < -0.39 is 0 Å². The molecular formula is C16H28ClN3. The van der Waals surface area contributed by atoms with Crippen LogP contribution >= 0.6 is 11.6 Å². The van der Waals surface area contributed by atoms with Gasteiger partial charge in [0, 0.05) is 26.2 Å². The van der Waals surface area contributed by atoms with E-state index in [1.54, 1.807) is 0 Å². The van der Waals surface area contributed by atoms with Crippen LogP contribution in [0.25, 0.3) is 0 Å². The Hall–Kier alpha value is -0.800. The first-order chi connectivity index (χ1) is 9.51. The summed E-state index contributed by atoms with van der Waals surface area (Å²) in [6, 6.07) is 4.43. The second-order valence-electron chi connectivity index (χ2n) is 5.67. The first kappa shape index (κ1) is 17.3. The third-order valence-corrected chi connectivity index (χ3v) is 3.93. The van der Waals surface area contributed by atoms with Gasteiger partial charge in [0.15, 0.2) is 0 Å². The van der Waals surface area contributed by atoms with Crippen molar-refractivity contribution in [3.8, 4) is 0 Å². The quantitative estimate of drug-likeness (QED) is 0.770. The summed E-state index contributed by atoms with van der Waals surface area (Å²) < 4.78 is 0. The lowest BCUT2D eigenvalue weighted by atomic mass is 10.1. The van der Waals surface area contributed by atoms with Gasteiger partial charge in [-0.15, -0.1) is 0 Å². The normalized spacial score (nSPS) is 11.7. The number of aromatic nitrogens is 1. The maximum atomic E-state index is 6.31. The van der Waals surface area contributed by atoms with E-state index in [2.05, 4.69) is 42.9 Å². The molecule has 0 fully saturated rings. The summed E-state index contributed by atoms with van der Waals surface area (Å²) in [5.41, 5.74) is 0.964. The number of hydrogen-bond donors (Lipinski definition) is 1. The van der Waals surface area contributed by atoms with Crippen LogP contribution in [0.4, 0.5) is 5.82 Å². The number of halogens is 1. The smallest absolute Gasteiger partial charge is 0.126 e. The number of anilines is 1. The minimum Gasteiger partial charge on any atom is -0.373 e. The molecule has 1 aromatic rings. The van der Waals surface area contributed by atoms with E-state index in [9.17, 15) is 0 Å². The van der Waals surface area contributed by atoms with Gasteiger partial charge in [-0.3, -0.25) is 4.90 Å². The summed E-state index contributed by atoms with van der Waals surface area (Å²) >= 11 is 6.31. The van der Waals surface area contributed by atoms with Crippen molar-refractivity contribution < 1.29 is 0 Å². The predicted molar refractivity (Wildman–Crippen MR) is 88.4 cm³/mol. The molecular weight excluding hydrogens is 270 g/mol. The summed E-state index contributed by atoms with van der Waals surface area (Å²) in [5.74, 6) is 1.51. The van der Waals surface area contributed by atoms with Gasteiger partial charge in [-0.25, -0.2) is 4.98 Å². The fourth-order valence-corrected chi connectivity index (χ4v) is 2.71. The topological polar surface area (TPSA) is 28.2 Å². The Kier molecular flexibility index (Phi) is 7.31. The van der Waals surface area contributed by atoms with Gasteiger partial charge in [-0.05, 0) is 30.9 Å². The number of nitrogens with one attached hydrogen (secondary N) is 1. The van der Waals surface area contributed by atoms with E-state index in [0.29, 0.717) is 12.0 Å². The van der Waals surface area contributed by atoms with Crippen LogP contribution in [0.2, 0.25) is 5.02 Å². The van der Waals surface area contributed by atoms with Gasteiger partial charge < -0.3 is 5.32 Å². The lowest BCUT2D eigenvalue weighted by molar-refractivity contribution is 0.156. The van der Waals surface area contributed by atoms with Crippen LogP contribution in [0.15, 0.2) is 12.1 Å². The van der Waals surface area contributed by atoms with Crippen LogP contribution in [0.5, 0.6) is 0 Å². The number of rotatable bonds is 8. The third kappa shape index (κ3) is 4.95. The second kappa shape index (κ2) is 8.48. The highest BCUT2D eigenvalue weighted by Gasteiger charge is 2.18. The minimum atomic E-state index is 0.591. The van der Waals surface area contributed by atoms with Crippen molar-refractivity contribution in [2.45, 2.75) is 53.1 Å². The number of nitrogens with zero attached hydrogens (tertiary/aromatic N) is 2. The van der Waals surface area contributed by atoms with Gasteiger partial charge in [0.2, 0.25) is 0 Å². The molecule has 0 spiro atoms. The van der Waals surface area contributed by atoms with Crippen molar-refractivity contribution in [3.05, 3.63) is 22.8 Å². The largest absolute Gasteiger partial charge is 0.373 e. The molecule has 1 aromatic heterocycles. The summed E-state index contributed by atoms with van der Waals surface area (Å²) in [7, 11) is 1.88. The van der Waals surface area contributed by atoms with Gasteiger partial charge in [0.1, 0.15) is 5.82 Å². The van der Waals surface area contributed by atoms with Gasteiger partial charge in [-0.2, -0.15) is 0 Å². The molecule has 0 aliphatic carbocycles. The zero-order valence-corrected chi connectivity index (χ0v) is 14.2. The molecule has 0 unspecified atom stereocenters. The fraction of sp³-hybridized carbons (Fsp3) is 0.688. The Bertz CT molecular complexity index is 403. The Morgan fingerprint density at radius 3 is 2.40 bits per heavy atom. The predicted octanol–water partition coefficient (Wildman–Crippen LogP) is 4.42. The monoisotopic (exact) mass is 297 g/mol. The van der Waals surface area contributed by atoms with Crippen LogP contribution in [0.3, 0.4) is 0 Å². The van der Waals surface area contributed by atoms with Gasteiger partial charge >= 0.3 is 0 Å². The Balaban J connectivity index is 2.93. The molecule has 0 atom stereocenters. The van der Waals surface area contributed by atoms with Crippen molar-refractivity contribution in [2.24, 2.45) is 5.92 Å². The molecule has 0 radical (unpaired) electrons. The van der Waals surface area contributed by atoms with Crippen molar-refractivity contribution in [1.29, 1.82) is 0 Å². The van der Waals surface area contributed by atoms with Gasteiger partial charge in [-0.1, -0.05) is 39.3 Å². The molecule has 0 saturated carbocycles. The third-order valence-electron chi connectivity index (χ3n) is 3.59. The van der Waals surface area contributed by atoms with Crippen LogP contribution in [-0.2, 0) is 6.54 Å². The SMILES string of the molecule is CCC(CC)N(Cc1nc(NC)ccc1Cl)CC(C)C. The Morgan fingerprint density at radius 2 is 1.90 bits per heavy atom. The zero-order valence-electron chi connectivity index (χ0n) is 13.4. The van der Waals surface area contributed by atoms with Crippen molar-refractivity contribution in [3.63, 3.8) is 0 Å². The molecule has 114 valence electrons. The van der Waals surface area contributed by atoms with E-state index in [1.165, 1.54) is 0 Å². The highest BCUT2D eigenvalue weighted by Crippen LogP contribution is 2.21. The zero-order chi connectivity index (χ0) is 15.1. The lowest BCUT2D eigenvalue weighted by Gasteiger charge is -2.32. The van der Waals surface area contributed by atoms with E-state index in [1.807, 2.05) is 19.2 Å². The minimum absolute atomic E-state index is 0.591. The summed E-state index contributed by atoms with van der Waals surface area (Å²) in [6.45, 7) is 10.9. The standard InChI is InChI=1S/C16H28ClN3/c1-6-13(7-2)20(10-12(3)4)11-15-14(17)8-9-16(18-5)19-15/h8-9,12-13H,6-7,10-11H2,1-5H3,(H,18,19). The first-order valence-electron chi connectivity index (χ1n) is 7.58. The summed E-state index contributed by atoms with van der Waals surface area (Å²) in [6.07, 6.45) is 2.32. The van der Waals surface area contributed by atoms with Crippen molar-refractivity contribution in [2.75, 3.05) is 18.9 Å². The second-order valence-corrected chi connectivity index (χ2v) is 6.08. The molecule has 1 heterocycles. The highest BCUT2D eigenvalue weighted by molar-refractivity contribution is 6.31. The maximum absolute atomic E-state index is 6.31. The van der Waals surface area contributed by atoms with Crippen molar-refractivity contribution in [1.82, 2.24) is 9.88 Å². The van der Waals surface area contributed by atoms with Crippen LogP contribution in [-0.4, -0.2) is 29.5 Å². The fourth-order valence-electron chi connectivity index (χ4n) is 2.54. The molecule has 0 saturated heterocycles. The molecule has 0 aromatic carbocycles. The van der Waals surface area contributed by atoms with E-state index in [-0.39, 0.29) is 0 Å². The summed E-state index contributed by atoms with van der Waals surface area (Å²) in [5, 5.41) is 3.83. The molecule has 0 aliphatic rings. The average molecular weight is 298 g/mol. The van der Waals surface area contributed by atoms with Crippen molar-refractivity contribution >= 4 is 17.4 Å². The summed E-state index contributed by atoms with van der Waals surface area (Å²) in [4.78, 5) is 7.12. The number of pyridine rings is 1. The lowest BCUT2D eigenvalue weighted by Crippen LogP contribution is -2.37.